The van der Waals surface area contributed by atoms with E-state index < -0.39 is 36.0 Å². The Morgan fingerprint density at radius 1 is 1.34 bits per heavy atom. The maximum Gasteiger partial charge on any atom is 0.274 e. The molecule has 4 aliphatic rings. The first-order valence-corrected chi connectivity index (χ1v) is 11.7. The van der Waals surface area contributed by atoms with Crippen molar-refractivity contribution in [3.8, 4) is 5.88 Å². The van der Waals surface area contributed by atoms with Crippen molar-refractivity contribution < 1.29 is 23.0 Å². The molecule has 184 valence electrons. The van der Waals surface area contributed by atoms with Crippen molar-refractivity contribution in [2.45, 2.75) is 62.4 Å². The lowest BCUT2D eigenvalue weighted by molar-refractivity contribution is -0.0235. The van der Waals surface area contributed by atoms with Gasteiger partial charge in [-0.15, -0.1) is 0 Å². The van der Waals surface area contributed by atoms with Gasteiger partial charge in [0, 0.05) is 30.4 Å². The van der Waals surface area contributed by atoms with Crippen molar-refractivity contribution in [2.75, 3.05) is 18.6 Å². The second-order valence-corrected chi connectivity index (χ2v) is 10.1. The lowest BCUT2D eigenvalue weighted by Gasteiger charge is -2.41. The highest BCUT2D eigenvalue weighted by molar-refractivity contribution is 6.05. The van der Waals surface area contributed by atoms with Crippen molar-refractivity contribution in [3.05, 3.63) is 52.3 Å². The number of pyridine rings is 1. The van der Waals surface area contributed by atoms with Crippen LogP contribution in [0, 0.1) is 0 Å². The van der Waals surface area contributed by atoms with E-state index in [2.05, 4.69) is 15.3 Å². The predicted octanol–water partition coefficient (Wildman–Crippen LogP) is 2.98. The second kappa shape index (κ2) is 7.58. The molecule has 3 aromatic rings. The van der Waals surface area contributed by atoms with E-state index in [1.807, 2.05) is 13.8 Å². The average molecular weight is 485 g/mol. The van der Waals surface area contributed by atoms with E-state index in [1.165, 1.54) is 16.8 Å². The molecule has 7 rings (SSSR count). The summed E-state index contributed by atoms with van der Waals surface area (Å²) in [6.45, 7) is 3.49. The molecular weight excluding hydrogens is 460 g/mol. The molecule has 1 amide bonds. The lowest BCUT2D eigenvalue weighted by Crippen LogP contribution is -2.48. The summed E-state index contributed by atoms with van der Waals surface area (Å²) in [6.07, 6.45) is 4.93. The monoisotopic (exact) mass is 485 g/mol. The Labute approximate surface area is 199 Å². The molecule has 4 fully saturated rings. The number of carbonyl (C=O) groups is 1. The van der Waals surface area contributed by atoms with E-state index in [4.69, 9.17) is 9.47 Å². The van der Waals surface area contributed by atoms with Gasteiger partial charge >= 0.3 is 0 Å². The molecule has 2 aliphatic carbocycles. The van der Waals surface area contributed by atoms with Gasteiger partial charge in [-0.2, -0.15) is 4.98 Å². The molecule has 3 aromatic heterocycles. The Hall–Kier alpha value is -3.34. The number of anilines is 1. The number of rotatable bonds is 7. The topological polar surface area (TPSA) is 99.8 Å². The van der Waals surface area contributed by atoms with Gasteiger partial charge in [0.2, 0.25) is 11.7 Å². The average Bonchev–Trinajstić information content (AvgIpc) is 3.16. The standard InChI is InChI=1S/C24H25F2N5O4/c1-13(2)35-20-14(19(32)27-16-4-3-5-31(21(16)33)17-6-15(17)26)7-30-8-18(28-22(30)29-20)23-9-24(10-23,11-25)34-12-23/h3-5,7-8,13,15,17H,6,9-12H2,1-2H3,(H,27,32)/t15-,17+,23?,24?/m0/s1. The first-order valence-electron chi connectivity index (χ1n) is 11.7. The van der Waals surface area contributed by atoms with Crippen molar-refractivity contribution in [3.63, 3.8) is 0 Å². The number of nitrogens with one attached hydrogen (secondary N) is 1. The van der Waals surface area contributed by atoms with E-state index in [0.717, 1.165) is 5.69 Å². The van der Waals surface area contributed by atoms with Gasteiger partial charge in [0.25, 0.3) is 11.5 Å². The summed E-state index contributed by atoms with van der Waals surface area (Å²) in [7, 11) is 0. The molecule has 0 aromatic carbocycles. The summed E-state index contributed by atoms with van der Waals surface area (Å²) in [5.41, 5.74) is -0.642. The molecule has 0 radical (unpaired) electrons. The number of carbonyl (C=O) groups excluding carboxylic acids is 1. The number of hydrogen-bond acceptors (Lipinski definition) is 6. The first kappa shape index (κ1) is 22.1. The Morgan fingerprint density at radius 2 is 2.11 bits per heavy atom. The van der Waals surface area contributed by atoms with Crippen LogP contribution in [0.2, 0.25) is 0 Å². The largest absolute Gasteiger partial charge is 0.474 e. The Balaban J connectivity index is 1.34. The van der Waals surface area contributed by atoms with E-state index >= 15 is 0 Å². The minimum Gasteiger partial charge on any atom is -0.474 e. The fourth-order valence-corrected chi connectivity index (χ4v) is 5.19. The zero-order chi connectivity index (χ0) is 24.5. The van der Waals surface area contributed by atoms with Gasteiger partial charge in [0.15, 0.2) is 0 Å². The summed E-state index contributed by atoms with van der Waals surface area (Å²) in [5.74, 6) is -0.164. The number of hydrogen-bond donors (Lipinski definition) is 1. The summed E-state index contributed by atoms with van der Waals surface area (Å²) in [6, 6.07) is 2.57. The van der Waals surface area contributed by atoms with Crippen LogP contribution in [0.1, 0.15) is 55.2 Å². The second-order valence-electron chi connectivity index (χ2n) is 10.1. The highest BCUT2D eigenvalue weighted by atomic mass is 19.1. The summed E-state index contributed by atoms with van der Waals surface area (Å²) < 4.78 is 41.3. The molecule has 2 saturated heterocycles. The quantitative estimate of drug-likeness (QED) is 0.553. The van der Waals surface area contributed by atoms with Crippen LogP contribution in [0.15, 0.2) is 35.5 Å². The van der Waals surface area contributed by atoms with Crippen molar-refractivity contribution in [1.82, 2.24) is 18.9 Å². The molecule has 0 unspecified atom stereocenters. The molecule has 9 nitrogen and oxygen atoms in total. The molecule has 11 heteroatoms. The number of fused-ring (bicyclic) bond motifs is 2. The third kappa shape index (κ3) is 3.51. The number of imidazole rings is 1. The minimum absolute atomic E-state index is 0.0394. The number of aromatic nitrogens is 4. The SMILES string of the molecule is CC(C)Oc1nc2nc(C34COC(CF)(C3)C4)cn2cc1C(=O)Nc1cccn([C@@H]2C[C@@H]2F)c1=O. The molecule has 35 heavy (non-hydrogen) atoms. The minimum atomic E-state index is -1.05. The normalized spacial score (nSPS) is 28.8. The number of ether oxygens (including phenoxy) is 2. The van der Waals surface area contributed by atoms with Gasteiger partial charge in [-0.05, 0) is 38.8 Å². The van der Waals surface area contributed by atoms with Crippen LogP contribution >= 0.6 is 0 Å². The zero-order valence-electron chi connectivity index (χ0n) is 19.3. The van der Waals surface area contributed by atoms with Crippen LogP contribution in [-0.2, 0) is 10.2 Å². The highest BCUT2D eigenvalue weighted by Gasteiger charge is 2.64. The van der Waals surface area contributed by atoms with E-state index in [-0.39, 0.29) is 35.1 Å². The van der Waals surface area contributed by atoms with E-state index in [9.17, 15) is 18.4 Å². The van der Waals surface area contributed by atoms with Crippen LogP contribution in [-0.4, -0.2) is 56.0 Å². The Morgan fingerprint density at radius 3 is 2.77 bits per heavy atom. The van der Waals surface area contributed by atoms with Crippen LogP contribution in [0.3, 0.4) is 0 Å². The lowest BCUT2D eigenvalue weighted by atomic mass is 9.61. The molecule has 0 spiro atoms. The molecule has 2 saturated carbocycles. The van der Waals surface area contributed by atoms with Gasteiger partial charge in [-0.1, -0.05) is 0 Å². The van der Waals surface area contributed by atoms with Crippen molar-refractivity contribution in [2.24, 2.45) is 0 Å². The van der Waals surface area contributed by atoms with Crippen LogP contribution in [0.5, 0.6) is 5.88 Å². The highest BCUT2D eigenvalue weighted by Crippen LogP contribution is 2.58. The summed E-state index contributed by atoms with van der Waals surface area (Å²) in [4.78, 5) is 35.1. The molecular formula is C24H25F2N5O4. The molecule has 5 heterocycles. The smallest absolute Gasteiger partial charge is 0.274 e. The van der Waals surface area contributed by atoms with E-state index in [1.54, 1.807) is 22.9 Å². The van der Waals surface area contributed by atoms with Crippen molar-refractivity contribution >= 4 is 17.4 Å². The van der Waals surface area contributed by atoms with Gasteiger partial charge in [-0.25, -0.2) is 13.8 Å². The third-order valence-corrected chi connectivity index (χ3v) is 7.03. The summed E-state index contributed by atoms with van der Waals surface area (Å²) in [5, 5.41) is 2.62. The maximum absolute atomic E-state index is 13.5. The molecule has 2 atom stereocenters. The first-order chi connectivity index (χ1) is 16.7. The molecule has 2 aliphatic heterocycles. The van der Waals surface area contributed by atoms with Crippen molar-refractivity contribution in [1.29, 1.82) is 0 Å². The summed E-state index contributed by atoms with van der Waals surface area (Å²) >= 11 is 0. The fourth-order valence-electron chi connectivity index (χ4n) is 5.19. The third-order valence-electron chi connectivity index (χ3n) is 7.03. The fraction of sp³-hybridized carbons (Fsp3) is 0.500. The Kier molecular flexibility index (Phi) is 4.79. The number of halogens is 2. The number of nitrogens with zero attached hydrogens (tertiary/aromatic N) is 4. The van der Waals surface area contributed by atoms with Gasteiger partial charge in [0.1, 0.15) is 24.1 Å². The van der Waals surface area contributed by atoms with Crippen LogP contribution < -0.4 is 15.6 Å². The molecule has 2 bridgehead atoms. The van der Waals surface area contributed by atoms with Gasteiger partial charge in [0.05, 0.1) is 30.0 Å². The van der Waals surface area contributed by atoms with Gasteiger partial charge in [-0.3, -0.25) is 14.0 Å². The zero-order valence-corrected chi connectivity index (χ0v) is 19.3. The number of alkyl halides is 2. The number of amides is 1. The van der Waals surface area contributed by atoms with Gasteiger partial charge < -0.3 is 19.4 Å². The predicted molar refractivity (Wildman–Crippen MR) is 122 cm³/mol. The maximum atomic E-state index is 13.5. The molecule has 1 N–H and O–H groups in total. The van der Waals surface area contributed by atoms with Crippen LogP contribution in [0.4, 0.5) is 14.5 Å². The van der Waals surface area contributed by atoms with E-state index in [0.29, 0.717) is 25.2 Å². The Bertz CT molecular complexity index is 1390. The van der Waals surface area contributed by atoms with Crippen LogP contribution in [0.25, 0.3) is 5.78 Å².